The zero-order valence-corrected chi connectivity index (χ0v) is 23.3. The van der Waals surface area contributed by atoms with Crippen LogP contribution in [0.3, 0.4) is 0 Å². The number of anilines is 5. The van der Waals surface area contributed by atoms with Gasteiger partial charge in [0.1, 0.15) is 23.1 Å². The molecule has 0 aliphatic carbocycles. The summed E-state index contributed by atoms with van der Waals surface area (Å²) in [5.41, 5.74) is 5.47. The van der Waals surface area contributed by atoms with Crippen LogP contribution in [-0.2, 0) is 0 Å². The van der Waals surface area contributed by atoms with E-state index in [4.69, 9.17) is 9.47 Å². The molecular formula is C35H29N5O2. The Labute approximate surface area is 245 Å². The lowest BCUT2D eigenvalue weighted by molar-refractivity contribution is 0.414. The lowest BCUT2D eigenvalue weighted by Crippen LogP contribution is -2.14. The van der Waals surface area contributed by atoms with E-state index in [-0.39, 0.29) is 0 Å². The number of hydrogen-bond donors (Lipinski definition) is 0. The van der Waals surface area contributed by atoms with E-state index in [1.165, 1.54) is 0 Å². The van der Waals surface area contributed by atoms with E-state index >= 15 is 0 Å². The Hall–Kier alpha value is -5.69. The van der Waals surface area contributed by atoms with E-state index < -0.39 is 0 Å². The number of pyridine rings is 3. The van der Waals surface area contributed by atoms with E-state index in [0.717, 1.165) is 45.6 Å². The second-order valence-corrected chi connectivity index (χ2v) is 9.53. The number of para-hydroxylation sites is 2. The Bertz CT molecular complexity index is 1730. The number of rotatable bonds is 9. The van der Waals surface area contributed by atoms with Gasteiger partial charge in [-0.05, 0) is 54.6 Å². The maximum atomic E-state index is 6.49. The molecule has 0 bridgehead atoms. The Morgan fingerprint density at radius 3 is 1.98 bits per heavy atom. The Morgan fingerprint density at radius 2 is 1.29 bits per heavy atom. The van der Waals surface area contributed by atoms with E-state index in [2.05, 4.69) is 50.2 Å². The molecule has 0 amide bonds. The lowest BCUT2D eigenvalue weighted by Gasteiger charge is -2.28. The highest BCUT2D eigenvalue weighted by atomic mass is 16.5. The smallest absolute Gasteiger partial charge is 0.146 e. The minimum absolute atomic E-state index is 0.590. The van der Waals surface area contributed by atoms with Crippen molar-refractivity contribution >= 4 is 28.6 Å². The number of aromatic nitrogens is 3. The highest BCUT2D eigenvalue weighted by molar-refractivity contribution is 5.80. The fourth-order valence-corrected chi connectivity index (χ4v) is 4.68. The second kappa shape index (κ2) is 12.2. The molecular weight excluding hydrogens is 522 g/mol. The zero-order chi connectivity index (χ0) is 28.7. The van der Waals surface area contributed by atoms with Crippen LogP contribution in [0.1, 0.15) is 0 Å². The normalized spacial score (nSPS) is 10.6. The van der Waals surface area contributed by atoms with Crippen LogP contribution in [0, 0.1) is 0 Å². The minimum atomic E-state index is 0.590. The van der Waals surface area contributed by atoms with Crippen LogP contribution in [0.4, 0.5) is 28.6 Å². The van der Waals surface area contributed by atoms with Crippen molar-refractivity contribution in [1.82, 2.24) is 15.0 Å². The molecule has 7 nitrogen and oxygen atoms in total. The number of ether oxygens (including phenoxy) is 2. The first kappa shape index (κ1) is 26.5. The molecule has 0 fully saturated rings. The molecule has 7 heteroatoms. The molecule has 42 heavy (non-hydrogen) atoms. The first-order valence-electron chi connectivity index (χ1n) is 13.5. The summed E-state index contributed by atoms with van der Waals surface area (Å²) in [6.45, 7) is 0. The maximum absolute atomic E-state index is 6.49. The molecule has 0 aliphatic rings. The molecule has 6 aromatic rings. The zero-order valence-electron chi connectivity index (χ0n) is 23.3. The van der Waals surface area contributed by atoms with E-state index in [1.54, 1.807) is 31.9 Å². The van der Waals surface area contributed by atoms with Gasteiger partial charge in [0.25, 0.3) is 0 Å². The third-order valence-corrected chi connectivity index (χ3v) is 6.75. The second-order valence-electron chi connectivity index (χ2n) is 9.53. The minimum Gasteiger partial charge on any atom is -0.497 e. The Balaban J connectivity index is 1.44. The van der Waals surface area contributed by atoms with Gasteiger partial charge in [-0.25, -0.2) is 4.98 Å². The van der Waals surface area contributed by atoms with Crippen LogP contribution in [0.15, 0.2) is 140 Å². The molecule has 0 radical (unpaired) electrons. The number of hydrogen-bond acceptors (Lipinski definition) is 7. The molecule has 0 N–H and O–H groups in total. The summed E-state index contributed by atoms with van der Waals surface area (Å²) in [4.78, 5) is 17.7. The predicted octanol–water partition coefficient (Wildman–Crippen LogP) is 8.58. The number of benzene rings is 3. The van der Waals surface area contributed by atoms with Gasteiger partial charge in [0, 0.05) is 66.5 Å². The van der Waals surface area contributed by atoms with Crippen molar-refractivity contribution in [2.75, 3.05) is 24.0 Å². The maximum Gasteiger partial charge on any atom is 0.146 e. The molecule has 0 atom stereocenters. The van der Waals surface area contributed by atoms with Crippen LogP contribution in [0.25, 0.3) is 11.3 Å². The predicted molar refractivity (Wildman–Crippen MR) is 168 cm³/mol. The average molecular weight is 552 g/mol. The van der Waals surface area contributed by atoms with Gasteiger partial charge in [-0.2, -0.15) is 0 Å². The van der Waals surface area contributed by atoms with Gasteiger partial charge in [-0.1, -0.05) is 42.5 Å². The van der Waals surface area contributed by atoms with Crippen LogP contribution < -0.4 is 19.3 Å². The number of methoxy groups -OCH3 is 1. The largest absolute Gasteiger partial charge is 0.497 e. The molecule has 0 saturated carbocycles. The van der Waals surface area contributed by atoms with Crippen molar-refractivity contribution in [2.24, 2.45) is 0 Å². The molecule has 3 aromatic carbocycles. The van der Waals surface area contributed by atoms with Crippen molar-refractivity contribution in [2.45, 2.75) is 0 Å². The van der Waals surface area contributed by atoms with Crippen molar-refractivity contribution < 1.29 is 9.47 Å². The molecule has 0 spiro atoms. The van der Waals surface area contributed by atoms with Gasteiger partial charge in [0.2, 0.25) is 0 Å². The summed E-state index contributed by atoms with van der Waals surface area (Å²) in [5.74, 6) is 2.79. The molecule has 3 aromatic heterocycles. The summed E-state index contributed by atoms with van der Waals surface area (Å²) in [6, 6.07) is 38.2. The van der Waals surface area contributed by atoms with Crippen LogP contribution in [0.2, 0.25) is 0 Å². The lowest BCUT2D eigenvalue weighted by atomic mass is 10.1. The fraction of sp³-hybridized carbons (Fsp3) is 0.0571. The quantitative estimate of drug-likeness (QED) is 0.178. The summed E-state index contributed by atoms with van der Waals surface area (Å²) in [6.07, 6.45) is 6.96. The molecule has 6 rings (SSSR count). The average Bonchev–Trinajstić information content (AvgIpc) is 3.06. The van der Waals surface area contributed by atoms with Crippen molar-refractivity contribution in [3.8, 4) is 28.5 Å². The molecule has 0 aliphatic heterocycles. The van der Waals surface area contributed by atoms with E-state index in [1.807, 2.05) is 96.9 Å². The Morgan fingerprint density at radius 1 is 0.571 bits per heavy atom. The summed E-state index contributed by atoms with van der Waals surface area (Å²) < 4.78 is 11.9. The molecule has 0 saturated heterocycles. The van der Waals surface area contributed by atoms with Crippen molar-refractivity contribution in [3.05, 3.63) is 140 Å². The SMILES string of the molecule is COc1ccnc(-c2cncc(Oc3cc(N(C)c4ccccn4)cc(N(c4ccccc4)c4ccccc4)c3)c2)c1. The summed E-state index contributed by atoms with van der Waals surface area (Å²) in [7, 11) is 3.63. The first-order valence-corrected chi connectivity index (χ1v) is 13.5. The van der Waals surface area contributed by atoms with Crippen molar-refractivity contribution in [3.63, 3.8) is 0 Å². The van der Waals surface area contributed by atoms with Gasteiger partial charge in [0.05, 0.1) is 24.7 Å². The van der Waals surface area contributed by atoms with E-state index in [0.29, 0.717) is 11.5 Å². The van der Waals surface area contributed by atoms with Gasteiger partial charge < -0.3 is 19.3 Å². The molecule has 206 valence electrons. The third-order valence-electron chi connectivity index (χ3n) is 6.75. The standard InChI is InChI=1S/C35H29N5O2/c1-39(35-15-9-10-17-38-35)29-20-30(40(27-11-5-3-6-12-27)28-13-7-4-8-14-28)22-32(21-29)42-33-19-26(24-36-25-33)34-23-31(41-2)16-18-37-34/h3-25H,1-2H3. The van der Waals surface area contributed by atoms with Crippen molar-refractivity contribution in [1.29, 1.82) is 0 Å². The van der Waals surface area contributed by atoms with Gasteiger partial charge >= 0.3 is 0 Å². The van der Waals surface area contributed by atoms with Gasteiger partial charge in [-0.15, -0.1) is 0 Å². The molecule has 0 unspecified atom stereocenters. The topological polar surface area (TPSA) is 63.6 Å². The highest BCUT2D eigenvalue weighted by Gasteiger charge is 2.17. The number of nitrogens with zero attached hydrogens (tertiary/aromatic N) is 5. The van der Waals surface area contributed by atoms with Crippen LogP contribution in [-0.4, -0.2) is 29.1 Å². The fourth-order valence-electron chi connectivity index (χ4n) is 4.68. The van der Waals surface area contributed by atoms with Crippen LogP contribution in [0.5, 0.6) is 17.2 Å². The summed E-state index contributed by atoms with van der Waals surface area (Å²) in [5, 5.41) is 0. The third kappa shape index (κ3) is 5.90. The highest BCUT2D eigenvalue weighted by Crippen LogP contribution is 2.40. The monoisotopic (exact) mass is 551 g/mol. The van der Waals surface area contributed by atoms with Gasteiger partial charge in [-0.3, -0.25) is 9.97 Å². The summed E-state index contributed by atoms with van der Waals surface area (Å²) >= 11 is 0. The van der Waals surface area contributed by atoms with Gasteiger partial charge in [0.15, 0.2) is 0 Å². The van der Waals surface area contributed by atoms with E-state index in [9.17, 15) is 0 Å². The van der Waals surface area contributed by atoms with Crippen LogP contribution >= 0.6 is 0 Å². The first-order chi connectivity index (χ1) is 20.7. The Kier molecular flexibility index (Phi) is 7.72. The molecule has 3 heterocycles.